The van der Waals surface area contributed by atoms with E-state index in [1.165, 1.54) is 0 Å². The number of carbonyl (C=O) groups excluding carboxylic acids is 1. The van der Waals surface area contributed by atoms with Gasteiger partial charge in [0.1, 0.15) is 0 Å². The topological polar surface area (TPSA) is 43.1 Å². The van der Waals surface area contributed by atoms with Crippen LogP contribution in [0, 0.1) is 0 Å². The van der Waals surface area contributed by atoms with Crippen molar-refractivity contribution in [2.45, 2.75) is 16.6 Å². The molecule has 0 heterocycles. The molecule has 2 nitrogen and oxygen atoms in total. The van der Waals surface area contributed by atoms with Gasteiger partial charge in [0.05, 0.1) is 4.83 Å². The lowest BCUT2D eigenvalue weighted by atomic mass is 10.1. The van der Waals surface area contributed by atoms with Crippen LogP contribution in [0.15, 0.2) is 23.1 Å². The molecular weight excluding hydrogens is 262 g/mol. The Morgan fingerprint density at radius 2 is 2.21 bits per heavy atom. The van der Waals surface area contributed by atoms with Crippen LogP contribution in [-0.2, 0) is 0 Å². The van der Waals surface area contributed by atoms with Crippen LogP contribution >= 0.6 is 27.7 Å². The number of alkyl halides is 1. The summed E-state index contributed by atoms with van der Waals surface area (Å²) in [7, 11) is 0. The third-order valence-corrected chi connectivity index (χ3v) is 3.10. The Bertz CT molecular complexity index is 352. The van der Waals surface area contributed by atoms with Crippen molar-refractivity contribution < 1.29 is 4.79 Å². The average molecular weight is 274 g/mol. The summed E-state index contributed by atoms with van der Waals surface area (Å²) in [5.41, 5.74) is 7.10. The van der Waals surface area contributed by atoms with Crippen LogP contribution in [0.3, 0.4) is 0 Å². The molecule has 0 saturated carbocycles. The first-order valence-corrected chi connectivity index (χ1v) is 6.32. The van der Waals surface area contributed by atoms with Gasteiger partial charge in [-0.15, -0.1) is 11.8 Å². The van der Waals surface area contributed by atoms with Crippen molar-refractivity contribution in [2.24, 2.45) is 0 Å². The Balaban J connectivity index is 3.03. The predicted molar refractivity (Wildman–Crippen MR) is 65.4 cm³/mol. The minimum absolute atomic E-state index is 0.0596. The highest BCUT2D eigenvalue weighted by atomic mass is 79.9. The molecule has 0 aliphatic heterocycles. The molecule has 0 radical (unpaired) electrons. The number of benzene rings is 1. The van der Waals surface area contributed by atoms with Gasteiger partial charge in [0.25, 0.3) is 0 Å². The highest BCUT2D eigenvalue weighted by molar-refractivity contribution is 9.10. The molecule has 14 heavy (non-hydrogen) atoms. The number of hydrogen-bond donors (Lipinski definition) is 1. The fourth-order valence-corrected chi connectivity index (χ4v) is 1.88. The van der Waals surface area contributed by atoms with E-state index in [9.17, 15) is 4.79 Å². The van der Waals surface area contributed by atoms with E-state index in [0.29, 0.717) is 11.3 Å². The molecule has 1 aromatic rings. The second kappa shape index (κ2) is 4.84. The van der Waals surface area contributed by atoms with Crippen molar-refractivity contribution in [1.82, 2.24) is 0 Å². The molecule has 2 N–H and O–H groups in total. The molecule has 76 valence electrons. The average Bonchev–Trinajstić information content (AvgIpc) is 2.16. The van der Waals surface area contributed by atoms with Crippen molar-refractivity contribution in [3.05, 3.63) is 23.8 Å². The third kappa shape index (κ3) is 2.51. The van der Waals surface area contributed by atoms with E-state index in [-0.39, 0.29) is 10.6 Å². The SMILES string of the molecule is CSc1ccc(C(=O)C(C)Br)cc1N. The van der Waals surface area contributed by atoms with Crippen LogP contribution in [0.2, 0.25) is 0 Å². The molecule has 1 unspecified atom stereocenters. The summed E-state index contributed by atoms with van der Waals surface area (Å²) < 4.78 is 0. The number of ketones is 1. The predicted octanol–water partition coefficient (Wildman–Crippen LogP) is 2.96. The summed E-state index contributed by atoms with van der Waals surface area (Å²) in [5, 5.41) is 0. The summed E-state index contributed by atoms with van der Waals surface area (Å²) in [4.78, 5) is 12.4. The molecule has 1 atom stereocenters. The van der Waals surface area contributed by atoms with E-state index < -0.39 is 0 Å². The van der Waals surface area contributed by atoms with E-state index in [1.807, 2.05) is 18.4 Å². The van der Waals surface area contributed by atoms with Gasteiger partial charge in [-0.3, -0.25) is 4.79 Å². The standard InChI is InChI=1S/C10H12BrNOS/c1-6(11)10(13)7-3-4-9(14-2)8(12)5-7/h3-6H,12H2,1-2H3. The second-order valence-electron chi connectivity index (χ2n) is 2.94. The largest absolute Gasteiger partial charge is 0.398 e. The Morgan fingerprint density at radius 3 is 2.64 bits per heavy atom. The number of nitrogens with two attached hydrogens (primary N) is 1. The number of anilines is 1. The van der Waals surface area contributed by atoms with Crippen molar-refractivity contribution in [1.29, 1.82) is 0 Å². The zero-order chi connectivity index (χ0) is 10.7. The van der Waals surface area contributed by atoms with Crippen LogP contribution in [0.25, 0.3) is 0 Å². The van der Waals surface area contributed by atoms with Gasteiger partial charge in [-0.1, -0.05) is 22.0 Å². The summed E-state index contributed by atoms with van der Waals surface area (Å²) in [5.74, 6) is 0.0596. The molecule has 0 spiro atoms. The van der Waals surface area contributed by atoms with Gasteiger partial charge in [-0.2, -0.15) is 0 Å². The van der Waals surface area contributed by atoms with E-state index in [4.69, 9.17) is 5.73 Å². The zero-order valence-corrected chi connectivity index (χ0v) is 10.5. The van der Waals surface area contributed by atoms with Crippen LogP contribution in [0.4, 0.5) is 5.69 Å². The monoisotopic (exact) mass is 273 g/mol. The number of carbonyl (C=O) groups is 1. The van der Waals surface area contributed by atoms with E-state index >= 15 is 0 Å². The highest BCUT2D eigenvalue weighted by Crippen LogP contribution is 2.24. The van der Waals surface area contributed by atoms with E-state index in [2.05, 4.69) is 15.9 Å². The lowest BCUT2D eigenvalue weighted by Gasteiger charge is -2.06. The highest BCUT2D eigenvalue weighted by Gasteiger charge is 2.12. The maximum atomic E-state index is 11.6. The minimum atomic E-state index is -0.165. The Kier molecular flexibility index (Phi) is 4.01. The smallest absolute Gasteiger partial charge is 0.176 e. The molecule has 1 rings (SSSR count). The lowest BCUT2D eigenvalue weighted by Crippen LogP contribution is -2.10. The summed E-state index contributed by atoms with van der Waals surface area (Å²) >= 11 is 4.82. The molecule has 4 heteroatoms. The molecular formula is C10H12BrNOS. The second-order valence-corrected chi connectivity index (χ2v) is 5.16. The molecule has 0 aliphatic carbocycles. The summed E-state index contributed by atoms with van der Waals surface area (Å²) in [6.45, 7) is 1.81. The van der Waals surface area contributed by atoms with Gasteiger partial charge in [0, 0.05) is 16.1 Å². The zero-order valence-electron chi connectivity index (χ0n) is 8.08. The van der Waals surface area contributed by atoms with Gasteiger partial charge >= 0.3 is 0 Å². The van der Waals surface area contributed by atoms with Gasteiger partial charge in [0.15, 0.2) is 5.78 Å². The van der Waals surface area contributed by atoms with E-state index in [1.54, 1.807) is 24.8 Å². The molecule has 0 bridgehead atoms. The number of thioether (sulfide) groups is 1. The minimum Gasteiger partial charge on any atom is -0.398 e. The van der Waals surface area contributed by atoms with Crippen molar-refractivity contribution >= 4 is 39.2 Å². The lowest BCUT2D eigenvalue weighted by molar-refractivity contribution is 0.0996. The number of nitrogen functional groups attached to an aromatic ring is 1. The van der Waals surface area contributed by atoms with Gasteiger partial charge in [-0.25, -0.2) is 0 Å². The van der Waals surface area contributed by atoms with Crippen LogP contribution in [0.5, 0.6) is 0 Å². The quantitative estimate of drug-likeness (QED) is 0.399. The first kappa shape index (κ1) is 11.6. The van der Waals surface area contributed by atoms with Crippen molar-refractivity contribution in [3.8, 4) is 0 Å². The first-order chi connectivity index (χ1) is 6.56. The van der Waals surface area contributed by atoms with Crippen LogP contribution < -0.4 is 5.73 Å². The van der Waals surface area contributed by atoms with Crippen molar-refractivity contribution in [2.75, 3.05) is 12.0 Å². The maximum Gasteiger partial charge on any atom is 0.176 e. The van der Waals surface area contributed by atoms with Crippen LogP contribution in [-0.4, -0.2) is 16.9 Å². The number of Topliss-reactive ketones (excluding diaryl/α,β-unsaturated/α-hetero) is 1. The molecule has 0 aromatic heterocycles. The summed E-state index contributed by atoms with van der Waals surface area (Å²) in [6, 6.07) is 5.41. The fraction of sp³-hybridized carbons (Fsp3) is 0.300. The van der Waals surface area contributed by atoms with Crippen LogP contribution in [0.1, 0.15) is 17.3 Å². The van der Waals surface area contributed by atoms with Gasteiger partial charge < -0.3 is 5.73 Å². The molecule has 0 fully saturated rings. The summed E-state index contributed by atoms with van der Waals surface area (Å²) in [6.07, 6.45) is 1.96. The Labute approximate surface area is 96.4 Å². The Morgan fingerprint density at radius 1 is 1.57 bits per heavy atom. The fourth-order valence-electron chi connectivity index (χ4n) is 1.12. The Hall–Kier alpha value is -0.480. The molecule has 1 aromatic carbocycles. The number of rotatable bonds is 3. The number of hydrogen-bond acceptors (Lipinski definition) is 3. The molecule has 0 amide bonds. The number of halogens is 1. The third-order valence-electron chi connectivity index (χ3n) is 1.88. The molecule has 0 saturated heterocycles. The molecule has 0 aliphatic rings. The van der Waals surface area contributed by atoms with Gasteiger partial charge in [-0.05, 0) is 25.3 Å². The van der Waals surface area contributed by atoms with E-state index in [0.717, 1.165) is 4.90 Å². The van der Waals surface area contributed by atoms with Gasteiger partial charge in [0.2, 0.25) is 0 Å². The first-order valence-electron chi connectivity index (χ1n) is 4.18. The van der Waals surface area contributed by atoms with Crippen molar-refractivity contribution in [3.63, 3.8) is 0 Å². The maximum absolute atomic E-state index is 11.6. The normalized spacial score (nSPS) is 12.5.